The smallest absolute Gasteiger partial charge is 0.449 e. The molecule has 0 aliphatic carbocycles. The molecular formula is C33H34F7N5O5S. The number of aromatic nitrogens is 2. The number of furan rings is 1. The quantitative estimate of drug-likeness (QED) is 0.132. The number of carbonyl (C=O) groups is 1. The fraction of sp³-hybridized carbons (Fsp3) is 0.424. The zero-order valence-corrected chi connectivity index (χ0v) is 28.0. The third-order valence-electron chi connectivity index (χ3n) is 8.68. The Kier molecular flexibility index (Phi) is 11.5. The summed E-state index contributed by atoms with van der Waals surface area (Å²) in [4.78, 5) is 42.8. The minimum absolute atomic E-state index is 0.00597. The molecule has 51 heavy (non-hydrogen) atoms. The number of hydrogen-bond donors (Lipinski definition) is 2. The second kappa shape index (κ2) is 15.4. The third kappa shape index (κ3) is 8.91. The summed E-state index contributed by atoms with van der Waals surface area (Å²) >= 11 is 1.34. The lowest BCUT2D eigenvalue weighted by Crippen LogP contribution is -2.51. The van der Waals surface area contributed by atoms with Crippen LogP contribution in [0.1, 0.15) is 52.8 Å². The van der Waals surface area contributed by atoms with Gasteiger partial charge in [-0.1, -0.05) is 6.07 Å². The van der Waals surface area contributed by atoms with Gasteiger partial charge in [0.2, 0.25) is 5.76 Å². The molecule has 4 heterocycles. The first-order valence-corrected chi connectivity index (χ1v) is 16.8. The summed E-state index contributed by atoms with van der Waals surface area (Å²) in [6.07, 6.45) is -9.48. The SMILES string of the molecule is Cc1c(N2CCN(Cc3ccc(C(F)(F)F)o3)CC2)c(=O)n(C[C@@H](NCCCC(=O)O)c2ccsc2)c(=O)n1Cc1c(F)cccc1C(F)(F)F. The monoisotopic (exact) mass is 745 g/mol. The van der Waals surface area contributed by atoms with Crippen molar-refractivity contribution in [3.8, 4) is 0 Å². The average Bonchev–Trinajstić information content (AvgIpc) is 3.76. The fourth-order valence-electron chi connectivity index (χ4n) is 6.07. The van der Waals surface area contributed by atoms with E-state index in [1.54, 1.807) is 21.7 Å². The van der Waals surface area contributed by atoms with E-state index in [-0.39, 0.29) is 75.8 Å². The van der Waals surface area contributed by atoms with E-state index in [9.17, 15) is 40.7 Å². The number of piperazine rings is 1. The van der Waals surface area contributed by atoms with Gasteiger partial charge in [0.15, 0.2) is 0 Å². The Morgan fingerprint density at radius 3 is 2.31 bits per heavy atom. The highest BCUT2D eigenvalue weighted by Gasteiger charge is 2.36. The van der Waals surface area contributed by atoms with Crippen molar-refractivity contribution in [3.63, 3.8) is 0 Å². The molecule has 276 valence electrons. The van der Waals surface area contributed by atoms with Crippen LogP contribution >= 0.6 is 11.3 Å². The van der Waals surface area contributed by atoms with E-state index in [4.69, 9.17) is 9.52 Å². The van der Waals surface area contributed by atoms with Crippen LogP contribution in [-0.4, -0.2) is 57.8 Å². The van der Waals surface area contributed by atoms with Gasteiger partial charge >= 0.3 is 24.0 Å². The molecule has 1 atom stereocenters. The summed E-state index contributed by atoms with van der Waals surface area (Å²) in [5, 5.41) is 15.8. The number of carboxylic acid groups (broad SMARTS) is 1. The topological polar surface area (TPSA) is 113 Å². The van der Waals surface area contributed by atoms with E-state index >= 15 is 4.39 Å². The first kappa shape index (κ1) is 37.8. The van der Waals surface area contributed by atoms with Crippen LogP contribution in [-0.2, 0) is 36.8 Å². The molecule has 0 amide bonds. The van der Waals surface area contributed by atoms with Crippen LogP contribution < -0.4 is 21.5 Å². The first-order valence-electron chi connectivity index (χ1n) is 15.8. The zero-order valence-electron chi connectivity index (χ0n) is 27.2. The summed E-state index contributed by atoms with van der Waals surface area (Å²) in [6, 6.07) is 5.62. The van der Waals surface area contributed by atoms with Gasteiger partial charge in [0.25, 0.3) is 5.56 Å². The van der Waals surface area contributed by atoms with Gasteiger partial charge in [-0.05, 0) is 66.5 Å². The lowest BCUT2D eigenvalue weighted by molar-refractivity contribution is -0.153. The van der Waals surface area contributed by atoms with Gasteiger partial charge in [-0.25, -0.2) is 9.18 Å². The lowest BCUT2D eigenvalue weighted by Gasteiger charge is -2.36. The third-order valence-corrected chi connectivity index (χ3v) is 9.38. The van der Waals surface area contributed by atoms with E-state index in [0.717, 1.165) is 27.3 Å². The summed E-state index contributed by atoms with van der Waals surface area (Å²) < 4.78 is 103. The van der Waals surface area contributed by atoms with E-state index in [2.05, 4.69) is 5.32 Å². The molecule has 18 heteroatoms. The second-order valence-electron chi connectivity index (χ2n) is 12.1. The van der Waals surface area contributed by atoms with E-state index in [1.165, 1.54) is 24.3 Å². The van der Waals surface area contributed by atoms with Crippen LogP contribution in [0.25, 0.3) is 0 Å². The molecular weight excluding hydrogens is 711 g/mol. The van der Waals surface area contributed by atoms with Crippen molar-refractivity contribution in [2.45, 2.75) is 57.8 Å². The molecule has 0 saturated carbocycles. The van der Waals surface area contributed by atoms with Crippen LogP contribution in [0.3, 0.4) is 0 Å². The number of alkyl halides is 6. The molecule has 1 aliphatic rings. The van der Waals surface area contributed by atoms with E-state index < -0.39 is 64.9 Å². The largest absolute Gasteiger partial charge is 0.481 e. The summed E-state index contributed by atoms with van der Waals surface area (Å²) in [6.45, 7) is 1.38. The molecule has 0 unspecified atom stereocenters. The van der Waals surface area contributed by atoms with Gasteiger partial charge in [-0.3, -0.25) is 23.6 Å². The second-order valence-corrected chi connectivity index (χ2v) is 12.8. The molecule has 1 aromatic carbocycles. The maximum Gasteiger partial charge on any atom is 0.449 e. The molecule has 0 bridgehead atoms. The van der Waals surface area contributed by atoms with E-state index in [0.29, 0.717) is 11.6 Å². The van der Waals surface area contributed by atoms with Crippen molar-refractivity contribution in [3.05, 3.63) is 108 Å². The minimum Gasteiger partial charge on any atom is -0.481 e. The van der Waals surface area contributed by atoms with Crippen LogP contribution in [0.2, 0.25) is 0 Å². The summed E-state index contributed by atoms with van der Waals surface area (Å²) in [5.41, 5.74) is -3.07. The van der Waals surface area contributed by atoms with Gasteiger partial charge in [0, 0.05) is 43.9 Å². The first-order chi connectivity index (χ1) is 24.0. The molecule has 3 aromatic heterocycles. The summed E-state index contributed by atoms with van der Waals surface area (Å²) in [7, 11) is 0. The van der Waals surface area contributed by atoms with E-state index in [1.807, 2.05) is 4.90 Å². The van der Waals surface area contributed by atoms with Crippen molar-refractivity contribution in [1.29, 1.82) is 0 Å². The van der Waals surface area contributed by atoms with Crippen LogP contribution in [0, 0.1) is 12.7 Å². The standard InChI is InChI=1S/C33H34F7N5O5S/c1-20-29(43-13-11-42(12-14-43)16-22-7-8-27(50-22)33(38,39)40)30(48)45(18-26(21-9-15-51-19-21)41-10-3-6-28(46)47)31(49)44(20)17-23-24(32(35,36)37)4-2-5-25(23)34/h2,4-5,7-9,15,19,26,41H,3,6,10-14,16-18H2,1H3,(H,46,47)/t26-/m1/s1. The molecule has 2 N–H and O–H groups in total. The van der Waals surface area contributed by atoms with Gasteiger partial charge in [0.1, 0.15) is 17.3 Å². The number of halogens is 7. The fourth-order valence-corrected chi connectivity index (χ4v) is 6.78. The van der Waals surface area contributed by atoms with Crippen molar-refractivity contribution >= 4 is 23.0 Å². The molecule has 0 radical (unpaired) electrons. The number of anilines is 1. The Morgan fingerprint density at radius 1 is 0.980 bits per heavy atom. The van der Waals surface area contributed by atoms with Crippen molar-refractivity contribution in [1.82, 2.24) is 19.4 Å². The number of nitrogens with zero attached hydrogens (tertiary/aromatic N) is 4. The van der Waals surface area contributed by atoms with Crippen LogP contribution in [0.15, 0.2) is 61.2 Å². The number of rotatable bonds is 13. The molecule has 1 fully saturated rings. The normalized spacial score (nSPS) is 15.0. The number of benzene rings is 1. The lowest BCUT2D eigenvalue weighted by atomic mass is 10.1. The predicted octanol–water partition coefficient (Wildman–Crippen LogP) is 5.72. The van der Waals surface area contributed by atoms with Crippen LogP contribution in [0.5, 0.6) is 0 Å². The number of hydrogen-bond acceptors (Lipinski definition) is 8. The molecule has 5 rings (SSSR count). The van der Waals surface area contributed by atoms with Crippen molar-refractivity contribution in [2.75, 3.05) is 37.6 Å². The number of thiophene rings is 1. The van der Waals surface area contributed by atoms with Gasteiger partial charge in [-0.15, -0.1) is 0 Å². The van der Waals surface area contributed by atoms with Crippen molar-refractivity contribution in [2.24, 2.45) is 0 Å². The summed E-state index contributed by atoms with van der Waals surface area (Å²) in [5.74, 6) is -3.24. The molecule has 1 saturated heterocycles. The van der Waals surface area contributed by atoms with Gasteiger partial charge in [-0.2, -0.15) is 37.7 Å². The molecule has 1 aliphatic heterocycles. The highest BCUT2D eigenvalue weighted by atomic mass is 32.1. The average molecular weight is 746 g/mol. The Hall–Kier alpha value is -4.42. The number of nitrogens with one attached hydrogen (secondary N) is 1. The van der Waals surface area contributed by atoms with Gasteiger partial charge in [0.05, 0.1) is 31.2 Å². The number of carboxylic acids is 1. The highest BCUT2D eigenvalue weighted by Crippen LogP contribution is 2.34. The Labute approximate surface area is 290 Å². The molecule has 4 aromatic rings. The Bertz CT molecular complexity index is 1940. The minimum atomic E-state index is -4.94. The molecule has 0 spiro atoms. The maximum absolute atomic E-state index is 15.1. The number of aliphatic carboxylic acids is 1. The zero-order chi connectivity index (χ0) is 37.1. The van der Waals surface area contributed by atoms with Crippen LogP contribution in [0.4, 0.5) is 36.4 Å². The Balaban J connectivity index is 1.51. The predicted molar refractivity (Wildman–Crippen MR) is 173 cm³/mol. The Morgan fingerprint density at radius 2 is 1.71 bits per heavy atom. The highest BCUT2D eigenvalue weighted by molar-refractivity contribution is 7.08. The van der Waals surface area contributed by atoms with Gasteiger partial charge < -0.3 is 19.7 Å². The van der Waals surface area contributed by atoms with Crippen molar-refractivity contribution < 1.29 is 45.1 Å². The maximum atomic E-state index is 15.1. The molecule has 10 nitrogen and oxygen atoms in total.